The van der Waals surface area contributed by atoms with Gasteiger partial charge in [0.25, 0.3) is 15.7 Å². The van der Waals surface area contributed by atoms with Crippen molar-refractivity contribution in [2.24, 2.45) is 0 Å². The highest BCUT2D eigenvalue weighted by Crippen LogP contribution is 2.24. The number of nitro benzene ring substituents is 1. The summed E-state index contributed by atoms with van der Waals surface area (Å²) in [5, 5.41) is 10.7. The van der Waals surface area contributed by atoms with Gasteiger partial charge in [0.2, 0.25) is 0 Å². The lowest BCUT2D eigenvalue weighted by Gasteiger charge is -2.23. The van der Waals surface area contributed by atoms with Crippen LogP contribution in [0.1, 0.15) is 22.8 Å². The molecule has 0 heterocycles. The number of ether oxygens (including phenoxy) is 1. The molecule has 160 valence electrons. The van der Waals surface area contributed by atoms with Crippen LogP contribution in [0.5, 0.6) is 0 Å². The number of hydrogen-bond acceptors (Lipinski definition) is 6. The van der Waals surface area contributed by atoms with E-state index in [-0.39, 0.29) is 29.3 Å². The molecule has 0 aliphatic heterocycles. The van der Waals surface area contributed by atoms with Crippen LogP contribution in [0, 0.1) is 10.1 Å². The van der Waals surface area contributed by atoms with Crippen molar-refractivity contribution >= 4 is 27.4 Å². The first kappa shape index (κ1) is 22.0. The Kier molecular flexibility index (Phi) is 6.66. The molecule has 9 heteroatoms. The second-order valence-corrected chi connectivity index (χ2v) is 8.40. The molecule has 0 aromatic heterocycles. The normalized spacial score (nSPS) is 11.0. The number of esters is 1. The molecule has 0 amide bonds. The molecule has 3 aromatic carbocycles. The largest absolute Gasteiger partial charge is 0.457 e. The Bertz CT molecular complexity index is 1180. The molecule has 0 aliphatic carbocycles. The van der Waals surface area contributed by atoms with Gasteiger partial charge in [0, 0.05) is 18.7 Å². The van der Waals surface area contributed by atoms with Crippen molar-refractivity contribution in [3.63, 3.8) is 0 Å². The first-order valence-electron chi connectivity index (χ1n) is 9.41. The number of rotatable bonds is 8. The minimum Gasteiger partial charge on any atom is -0.457 e. The number of para-hydroxylation sites is 1. The van der Waals surface area contributed by atoms with E-state index in [0.717, 1.165) is 0 Å². The van der Waals surface area contributed by atoms with Crippen LogP contribution in [0.3, 0.4) is 0 Å². The Hall–Kier alpha value is -3.72. The SMILES string of the molecule is CCN(c1ccccc1)S(=O)(=O)c1cccc(C(=O)OCc2ccc([N+](=O)[O-])cc2)c1. The zero-order chi connectivity index (χ0) is 22.4. The molecule has 0 spiro atoms. The number of nitro groups is 1. The van der Waals surface area contributed by atoms with Gasteiger partial charge in [-0.05, 0) is 55.0 Å². The predicted molar refractivity (Wildman–Crippen MR) is 115 cm³/mol. The summed E-state index contributed by atoms with van der Waals surface area (Å²) in [6, 6.07) is 20.0. The highest BCUT2D eigenvalue weighted by molar-refractivity contribution is 7.92. The molecule has 0 atom stereocenters. The fraction of sp³-hybridized carbons (Fsp3) is 0.136. The molecular weight excluding hydrogens is 420 g/mol. The molecule has 0 saturated heterocycles. The van der Waals surface area contributed by atoms with Gasteiger partial charge in [-0.15, -0.1) is 0 Å². The molecular formula is C22H20N2O6S. The number of non-ortho nitro benzene ring substituents is 1. The monoisotopic (exact) mass is 440 g/mol. The Morgan fingerprint density at radius 2 is 1.68 bits per heavy atom. The van der Waals surface area contributed by atoms with Crippen LogP contribution < -0.4 is 4.31 Å². The van der Waals surface area contributed by atoms with E-state index in [4.69, 9.17) is 4.74 Å². The van der Waals surface area contributed by atoms with E-state index in [1.54, 1.807) is 37.3 Å². The van der Waals surface area contributed by atoms with Crippen molar-refractivity contribution in [2.75, 3.05) is 10.8 Å². The van der Waals surface area contributed by atoms with E-state index in [0.29, 0.717) is 11.3 Å². The summed E-state index contributed by atoms with van der Waals surface area (Å²) in [5.41, 5.74) is 1.12. The van der Waals surface area contributed by atoms with Gasteiger partial charge in [0.1, 0.15) is 6.61 Å². The highest BCUT2D eigenvalue weighted by Gasteiger charge is 2.24. The molecule has 0 saturated carbocycles. The number of nitrogens with zero attached hydrogens (tertiary/aromatic N) is 2. The molecule has 0 fully saturated rings. The Morgan fingerprint density at radius 1 is 1.00 bits per heavy atom. The molecule has 0 N–H and O–H groups in total. The van der Waals surface area contributed by atoms with Gasteiger partial charge >= 0.3 is 5.97 Å². The zero-order valence-corrected chi connectivity index (χ0v) is 17.5. The number of carbonyl (C=O) groups is 1. The minimum absolute atomic E-state index is 0.0250. The standard InChI is InChI=1S/C22H20N2O6S/c1-2-23(19-8-4-3-5-9-19)31(28,29)21-10-6-7-18(15-21)22(25)30-16-17-11-13-20(14-12-17)24(26)27/h3-15H,2,16H2,1H3. The Balaban J connectivity index is 1.77. The van der Waals surface area contributed by atoms with E-state index in [9.17, 15) is 23.3 Å². The van der Waals surface area contributed by atoms with Crippen LogP contribution >= 0.6 is 0 Å². The second kappa shape index (κ2) is 9.40. The summed E-state index contributed by atoms with van der Waals surface area (Å²) in [5.74, 6) is -0.696. The van der Waals surface area contributed by atoms with Gasteiger partial charge in [-0.2, -0.15) is 0 Å². The topological polar surface area (TPSA) is 107 Å². The third-order valence-electron chi connectivity index (χ3n) is 4.51. The summed E-state index contributed by atoms with van der Waals surface area (Å²) >= 11 is 0. The van der Waals surface area contributed by atoms with Gasteiger partial charge in [0.15, 0.2) is 0 Å². The molecule has 0 aliphatic rings. The molecule has 3 rings (SSSR count). The van der Waals surface area contributed by atoms with Crippen molar-refractivity contribution in [1.82, 2.24) is 0 Å². The van der Waals surface area contributed by atoms with E-state index >= 15 is 0 Å². The van der Waals surface area contributed by atoms with Crippen molar-refractivity contribution < 1.29 is 22.9 Å². The third-order valence-corrected chi connectivity index (χ3v) is 6.41. The maximum atomic E-state index is 13.1. The lowest BCUT2D eigenvalue weighted by Crippen LogP contribution is -2.30. The summed E-state index contributed by atoms with van der Waals surface area (Å²) in [4.78, 5) is 22.6. The average Bonchev–Trinajstić information content (AvgIpc) is 2.79. The average molecular weight is 440 g/mol. The lowest BCUT2D eigenvalue weighted by atomic mass is 10.2. The van der Waals surface area contributed by atoms with E-state index in [1.807, 2.05) is 0 Å². The summed E-state index contributed by atoms with van der Waals surface area (Å²) in [7, 11) is -3.88. The first-order valence-corrected chi connectivity index (χ1v) is 10.8. The second-order valence-electron chi connectivity index (χ2n) is 6.53. The van der Waals surface area contributed by atoms with Gasteiger partial charge in [-0.3, -0.25) is 14.4 Å². The van der Waals surface area contributed by atoms with Crippen LogP contribution in [0.4, 0.5) is 11.4 Å². The molecule has 0 radical (unpaired) electrons. The Morgan fingerprint density at radius 3 is 2.29 bits per heavy atom. The number of carbonyl (C=O) groups excluding carboxylic acids is 1. The minimum atomic E-state index is -3.88. The van der Waals surface area contributed by atoms with Gasteiger partial charge < -0.3 is 4.74 Å². The van der Waals surface area contributed by atoms with Crippen LogP contribution in [0.15, 0.2) is 83.8 Å². The summed E-state index contributed by atoms with van der Waals surface area (Å²) in [6.45, 7) is 1.85. The summed E-state index contributed by atoms with van der Waals surface area (Å²) in [6.07, 6.45) is 0. The van der Waals surface area contributed by atoms with Crippen molar-refractivity contribution in [2.45, 2.75) is 18.4 Å². The molecule has 0 unspecified atom stereocenters. The maximum Gasteiger partial charge on any atom is 0.338 e. The van der Waals surface area contributed by atoms with Gasteiger partial charge in [-0.1, -0.05) is 24.3 Å². The lowest BCUT2D eigenvalue weighted by molar-refractivity contribution is -0.384. The smallest absolute Gasteiger partial charge is 0.338 e. The Labute approximate surface area is 179 Å². The van der Waals surface area contributed by atoms with Crippen LogP contribution in [0.2, 0.25) is 0 Å². The van der Waals surface area contributed by atoms with Gasteiger partial charge in [0.05, 0.1) is 21.1 Å². The van der Waals surface area contributed by atoms with Crippen LogP contribution in [-0.4, -0.2) is 25.9 Å². The maximum absolute atomic E-state index is 13.1. The number of sulfonamides is 1. The molecule has 3 aromatic rings. The highest BCUT2D eigenvalue weighted by atomic mass is 32.2. The number of hydrogen-bond donors (Lipinski definition) is 0. The van der Waals surface area contributed by atoms with Crippen molar-refractivity contribution in [1.29, 1.82) is 0 Å². The predicted octanol–water partition coefficient (Wildman–Crippen LogP) is 4.17. The van der Waals surface area contributed by atoms with Crippen LogP contribution in [-0.2, 0) is 21.4 Å². The van der Waals surface area contributed by atoms with Crippen LogP contribution in [0.25, 0.3) is 0 Å². The number of benzene rings is 3. The fourth-order valence-electron chi connectivity index (χ4n) is 2.94. The van der Waals surface area contributed by atoms with Crippen molar-refractivity contribution in [3.8, 4) is 0 Å². The summed E-state index contributed by atoms with van der Waals surface area (Å²) < 4.78 is 32.7. The third kappa shape index (κ3) is 5.07. The molecule has 0 bridgehead atoms. The zero-order valence-electron chi connectivity index (χ0n) is 16.7. The molecule has 31 heavy (non-hydrogen) atoms. The van der Waals surface area contributed by atoms with E-state index in [2.05, 4.69) is 0 Å². The molecule has 8 nitrogen and oxygen atoms in total. The fourth-order valence-corrected chi connectivity index (χ4v) is 4.46. The number of anilines is 1. The van der Waals surface area contributed by atoms with E-state index < -0.39 is 20.9 Å². The van der Waals surface area contributed by atoms with Gasteiger partial charge in [-0.25, -0.2) is 13.2 Å². The van der Waals surface area contributed by atoms with E-state index in [1.165, 1.54) is 52.8 Å². The van der Waals surface area contributed by atoms with Crippen molar-refractivity contribution in [3.05, 3.63) is 100 Å². The first-order chi connectivity index (χ1) is 14.8. The quantitative estimate of drug-likeness (QED) is 0.296.